The van der Waals surface area contributed by atoms with E-state index in [0.717, 1.165) is 5.95 Å². The monoisotopic (exact) mass is 247 g/mol. The fourth-order valence-electron chi connectivity index (χ4n) is 3.51. The molecule has 0 aliphatic heterocycles. The Balaban J connectivity index is 1.66. The molecule has 1 aromatic rings. The second kappa shape index (κ2) is 5.77. The van der Waals surface area contributed by atoms with Crippen LogP contribution in [0, 0.1) is 0 Å². The molecule has 3 nitrogen and oxygen atoms in total. The minimum absolute atomic E-state index is 0.648. The molecule has 1 heterocycles. The van der Waals surface area contributed by atoms with E-state index in [9.17, 15) is 0 Å². The minimum atomic E-state index is 0.648. The van der Waals surface area contributed by atoms with Gasteiger partial charge in [-0.25, -0.2) is 4.98 Å². The van der Waals surface area contributed by atoms with Gasteiger partial charge >= 0.3 is 0 Å². The van der Waals surface area contributed by atoms with Crippen LogP contribution in [0.25, 0.3) is 0 Å². The van der Waals surface area contributed by atoms with E-state index in [1.807, 2.05) is 6.20 Å². The SMILES string of the molecule is c1cn(C2CCCC2)c(NC2CCCCCC2)n1. The second-order valence-electron chi connectivity index (χ2n) is 5.93. The molecule has 3 rings (SSSR count). The lowest BCUT2D eigenvalue weighted by Gasteiger charge is -2.20. The Hall–Kier alpha value is -0.990. The fraction of sp³-hybridized carbons (Fsp3) is 0.800. The van der Waals surface area contributed by atoms with Crippen molar-refractivity contribution in [2.24, 2.45) is 0 Å². The molecular formula is C15H25N3. The van der Waals surface area contributed by atoms with Gasteiger partial charge in [-0.3, -0.25) is 0 Å². The van der Waals surface area contributed by atoms with Crippen molar-refractivity contribution in [3.8, 4) is 0 Å². The summed E-state index contributed by atoms with van der Waals surface area (Å²) in [7, 11) is 0. The van der Waals surface area contributed by atoms with E-state index >= 15 is 0 Å². The zero-order chi connectivity index (χ0) is 12.2. The molecule has 2 fully saturated rings. The smallest absolute Gasteiger partial charge is 0.203 e. The number of imidazole rings is 1. The molecule has 0 atom stereocenters. The van der Waals surface area contributed by atoms with Gasteiger partial charge in [0.05, 0.1) is 0 Å². The lowest BCUT2D eigenvalue weighted by Crippen LogP contribution is -2.22. The summed E-state index contributed by atoms with van der Waals surface area (Å²) < 4.78 is 2.39. The number of hydrogen-bond acceptors (Lipinski definition) is 2. The summed E-state index contributed by atoms with van der Waals surface area (Å²) >= 11 is 0. The highest BCUT2D eigenvalue weighted by atomic mass is 15.2. The molecule has 3 heteroatoms. The van der Waals surface area contributed by atoms with Gasteiger partial charge in [0.25, 0.3) is 0 Å². The summed E-state index contributed by atoms with van der Waals surface area (Å²) in [5.41, 5.74) is 0. The van der Waals surface area contributed by atoms with Gasteiger partial charge in [-0.1, -0.05) is 38.5 Å². The first kappa shape index (κ1) is 12.1. The average Bonchev–Trinajstić information content (AvgIpc) is 2.97. The molecule has 18 heavy (non-hydrogen) atoms. The third kappa shape index (κ3) is 2.70. The Kier molecular flexibility index (Phi) is 3.87. The molecule has 2 saturated carbocycles. The molecule has 100 valence electrons. The van der Waals surface area contributed by atoms with Crippen LogP contribution in [-0.2, 0) is 0 Å². The molecule has 1 aromatic heterocycles. The summed E-state index contributed by atoms with van der Waals surface area (Å²) in [6.07, 6.45) is 17.7. The lowest BCUT2D eigenvalue weighted by molar-refractivity contribution is 0.514. The van der Waals surface area contributed by atoms with Gasteiger partial charge in [-0.05, 0) is 25.7 Å². The number of aromatic nitrogens is 2. The van der Waals surface area contributed by atoms with Crippen molar-refractivity contribution in [2.75, 3.05) is 5.32 Å². The van der Waals surface area contributed by atoms with E-state index in [0.29, 0.717) is 12.1 Å². The zero-order valence-corrected chi connectivity index (χ0v) is 11.3. The maximum atomic E-state index is 4.54. The average molecular weight is 247 g/mol. The van der Waals surface area contributed by atoms with Gasteiger partial charge in [0.2, 0.25) is 5.95 Å². The third-order valence-corrected chi connectivity index (χ3v) is 4.58. The standard InChI is InChI=1S/C15H25N3/c1-2-4-8-13(7-3-1)17-15-16-11-12-18(15)14-9-5-6-10-14/h11-14H,1-10H2,(H,16,17). The Morgan fingerprint density at radius 1 is 0.944 bits per heavy atom. The van der Waals surface area contributed by atoms with Crippen molar-refractivity contribution in [1.29, 1.82) is 0 Å². The molecule has 2 aliphatic carbocycles. The highest BCUT2D eigenvalue weighted by Gasteiger charge is 2.20. The van der Waals surface area contributed by atoms with Crippen LogP contribution in [0.2, 0.25) is 0 Å². The van der Waals surface area contributed by atoms with E-state index in [4.69, 9.17) is 0 Å². The fourth-order valence-corrected chi connectivity index (χ4v) is 3.51. The summed E-state index contributed by atoms with van der Waals surface area (Å²) in [5.74, 6) is 1.12. The quantitative estimate of drug-likeness (QED) is 0.814. The molecule has 0 amide bonds. The number of nitrogens with one attached hydrogen (secondary N) is 1. The minimum Gasteiger partial charge on any atom is -0.353 e. The van der Waals surface area contributed by atoms with Gasteiger partial charge in [-0.2, -0.15) is 0 Å². The lowest BCUT2D eigenvalue weighted by atomic mass is 10.1. The molecule has 0 aromatic carbocycles. The summed E-state index contributed by atoms with van der Waals surface area (Å²) in [6.45, 7) is 0. The first-order valence-corrected chi connectivity index (χ1v) is 7.73. The van der Waals surface area contributed by atoms with Crippen LogP contribution in [-0.4, -0.2) is 15.6 Å². The first-order chi connectivity index (χ1) is 8.93. The molecule has 1 N–H and O–H groups in total. The van der Waals surface area contributed by atoms with E-state index in [2.05, 4.69) is 21.1 Å². The van der Waals surface area contributed by atoms with Crippen LogP contribution >= 0.6 is 0 Å². The van der Waals surface area contributed by atoms with Gasteiger partial charge in [-0.15, -0.1) is 0 Å². The van der Waals surface area contributed by atoms with Crippen molar-refractivity contribution >= 4 is 5.95 Å². The molecule has 2 aliphatic rings. The maximum Gasteiger partial charge on any atom is 0.203 e. The molecule has 0 bridgehead atoms. The Bertz CT molecular complexity index is 358. The maximum absolute atomic E-state index is 4.54. The van der Waals surface area contributed by atoms with Gasteiger partial charge < -0.3 is 9.88 Å². The van der Waals surface area contributed by atoms with Crippen molar-refractivity contribution < 1.29 is 0 Å². The highest BCUT2D eigenvalue weighted by Crippen LogP contribution is 2.32. The van der Waals surface area contributed by atoms with Crippen molar-refractivity contribution in [3.63, 3.8) is 0 Å². The van der Waals surface area contributed by atoms with E-state index < -0.39 is 0 Å². The summed E-state index contributed by atoms with van der Waals surface area (Å²) in [5, 5.41) is 3.70. The predicted molar refractivity (Wildman–Crippen MR) is 74.8 cm³/mol. The first-order valence-electron chi connectivity index (χ1n) is 7.73. The molecule has 0 spiro atoms. The van der Waals surface area contributed by atoms with Crippen molar-refractivity contribution in [2.45, 2.75) is 76.3 Å². The van der Waals surface area contributed by atoms with Crippen LogP contribution in [0.15, 0.2) is 12.4 Å². The third-order valence-electron chi connectivity index (χ3n) is 4.58. The highest BCUT2D eigenvalue weighted by molar-refractivity contribution is 5.28. The number of anilines is 1. The van der Waals surface area contributed by atoms with Crippen LogP contribution in [0.4, 0.5) is 5.95 Å². The predicted octanol–water partition coefficient (Wildman–Crippen LogP) is 4.13. The number of nitrogens with zero attached hydrogens (tertiary/aromatic N) is 2. The van der Waals surface area contributed by atoms with Crippen LogP contribution in [0.5, 0.6) is 0 Å². The molecule has 0 unspecified atom stereocenters. The zero-order valence-electron chi connectivity index (χ0n) is 11.3. The van der Waals surface area contributed by atoms with Gasteiger partial charge in [0.15, 0.2) is 0 Å². The van der Waals surface area contributed by atoms with Gasteiger partial charge in [0, 0.05) is 24.5 Å². The summed E-state index contributed by atoms with van der Waals surface area (Å²) in [6, 6.07) is 1.34. The Morgan fingerprint density at radius 2 is 1.61 bits per heavy atom. The largest absolute Gasteiger partial charge is 0.353 e. The summed E-state index contributed by atoms with van der Waals surface area (Å²) in [4.78, 5) is 4.54. The molecule has 0 radical (unpaired) electrons. The normalized spacial score (nSPS) is 23.1. The Labute approximate surface area is 110 Å². The van der Waals surface area contributed by atoms with E-state index in [-0.39, 0.29) is 0 Å². The van der Waals surface area contributed by atoms with Crippen LogP contribution in [0.3, 0.4) is 0 Å². The number of hydrogen-bond donors (Lipinski definition) is 1. The molecular weight excluding hydrogens is 222 g/mol. The van der Waals surface area contributed by atoms with Crippen LogP contribution in [0.1, 0.15) is 70.3 Å². The van der Waals surface area contributed by atoms with Crippen molar-refractivity contribution in [1.82, 2.24) is 9.55 Å². The molecule has 0 saturated heterocycles. The van der Waals surface area contributed by atoms with Gasteiger partial charge in [0.1, 0.15) is 0 Å². The van der Waals surface area contributed by atoms with Crippen LogP contribution < -0.4 is 5.32 Å². The van der Waals surface area contributed by atoms with Crippen molar-refractivity contribution in [3.05, 3.63) is 12.4 Å². The number of rotatable bonds is 3. The van der Waals surface area contributed by atoms with E-state index in [1.54, 1.807) is 0 Å². The Morgan fingerprint density at radius 3 is 2.33 bits per heavy atom. The van der Waals surface area contributed by atoms with E-state index in [1.165, 1.54) is 64.2 Å². The topological polar surface area (TPSA) is 29.9 Å². The second-order valence-corrected chi connectivity index (χ2v) is 5.93.